The average Bonchev–Trinajstić information content (AvgIpc) is 3.21. The van der Waals surface area contributed by atoms with Crippen LogP contribution in [0.1, 0.15) is 24.5 Å². The second-order valence-corrected chi connectivity index (χ2v) is 6.37. The molecule has 8 nitrogen and oxygen atoms in total. The van der Waals surface area contributed by atoms with Gasteiger partial charge in [0.25, 0.3) is 0 Å². The Morgan fingerprint density at radius 3 is 2.78 bits per heavy atom. The van der Waals surface area contributed by atoms with E-state index in [1.54, 1.807) is 0 Å². The Labute approximate surface area is 157 Å². The second kappa shape index (κ2) is 9.84. The maximum Gasteiger partial charge on any atom is 0.314 e. The van der Waals surface area contributed by atoms with E-state index in [0.29, 0.717) is 6.54 Å². The Bertz CT molecular complexity index is 721. The summed E-state index contributed by atoms with van der Waals surface area (Å²) in [5.74, 6) is -1.20. The van der Waals surface area contributed by atoms with Crippen LogP contribution in [0.25, 0.3) is 0 Å². The molecule has 2 heterocycles. The van der Waals surface area contributed by atoms with Gasteiger partial charge in [-0.3, -0.25) is 19.8 Å². The second-order valence-electron chi connectivity index (χ2n) is 6.37. The number of aromatic nitrogens is 1. The molecule has 1 aromatic carbocycles. The molecule has 8 heteroatoms. The third kappa shape index (κ3) is 5.90. The summed E-state index contributed by atoms with van der Waals surface area (Å²) >= 11 is 0. The van der Waals surface area contributed by atoms with E-state index < -0.39 is 11.8 Å². The van der Waals surface area contributed by atoms with Gasteiger partial charge in [-0.25, -0.2) is 0 Å². The van der Waals surface area contributed by atoms with Gasteiger partial charge in [0.1, 0.15) is 6.26 Å². The predicted molar refractivity (Wildman–Crippen MR) is 99.0 cm³/mol. The van der Waals surface area contributed by atoms with Crippen molar-refractivity contribution in [2.45, 2.75) is 18.9 Å². The predicted octanol–water partition coefficient (Wildman–Crippen LogP) is 1.58. The molecule has 1 aromatic heterocycles. The minimum atomic E-state index is -0.747. The van der Waals surface area contributed by atoms with Crippen LogP contribution in [-0.2, 0) is 14.3 Å². The Balaban J connectivity index is 1.30. The van der Waals surface area contributed by atoms with Crippen LogP contribution in [0.5, 0.6) is 0 Å². The van der Waals surface area contributed by atoms with Crippen molar-refractivity contribution in [3.8, 4) is 0 Å². The van der Waals surface area contributed by atoms with Gasteiger partial charge < -0.3 is 14.6 Å². The van der Waals surface area contributed by atoms with Crippen LogP contribution in [0.2, 0.25) is 0 Å². The van der Waals surface area contributed by atoms with Gasteiger partial charge in [-0.1, -0.05) is 35.5 Å². The summed E-state index contributed by atoms with van der Waals surface area (Å²) in [6, 6.07) is 11.7. The fraction of sp³-hybridized carbons (Fsp3) is 0.421. The van der Waals surface area contributed by atoms with Crippen molar-refractivity contribution in [1.29, 1.82) is 0 Å². The number of ether oxygens (including phenoxy) is 1. The summed E-state index contributed by atoms with van der Waals surface area (Å²) in [6.45, 7) is 3.90. The van der Waals surface area contributed by atoms with Crippen molar-refractivity contribution in [1.82, 2.24) is 15.4 Å². The van der Waals surface area contributed by atoms with Crippen LogP contribution in [-0.4, -0.2) is 54.7 Å². The number of benzene rings is 1. The molecule has 0 bridgehead atoms. The lowest BCUT2D eigenvalue weighted by Gasteiger charge is -2.33. The largest absolute Gasteiger partial charge is 0.371 e. The first-order valence-corrected chi connectivity index (χ1v) is 9.11. The fourth-order valence-corrected chi connectivity index (χ4v) is 2.97. The Morgan fingerprint density at radius 2 is 2.00 bits per heavy atom. The van der Waals surface area contributed by atoms with Gasteiger partial charge in [0.2, 0.25) is 0 Å². The fourth-order valence-electron chi connectivity index (χ4n) is 2.97. The number of hydrogen-bond acceptors (Lipinski definition) is 6. The number of hydrogen-bond donors (Lipinski definition) is 2. The molecule has 2 N–H and O–H groups in total. The number of anilines is 1. The van der Waals surface area contributed by atoms with E-state index in [2.05, 4.69) is 37.3 Å². The van der Waals surface area contributed by atoms with Crippen LogP contribution in [0.3, 0.4) is 0 Å². The topological polar surface area (TPSA) is 96.7 Å². The van der Waals surface area contributed by atoms with Gasteiger partial charge >= 0.3 is 11.8 Å². The van der Waals surface area contributed by atoms with Crippen LogP contribution in [0, 0.1) is 0 Å². The molecule has 1 unspecified atom stereocenters. The Morgan fingerprint density at radius 1 is 1.15 bits per heavy atom. The summed E-state index contributed by atoms with van der Waals surface area (Å²) in [5.41, 5.74) is 1.20. The van der Waals surface area contributed by atoms with Gasteiger partial charge in [-0.15, -0.1) is 0 Å². The zero-order chi connectivity index (χ0) is 18.9. The Kier molecular flexibility index (Phi) is 6.95. The van der Waals surface area contributed by atoms with E-state index in [1.807, 2.05) is 18.2 Å². The maximum absolute atomic E-state index is 11.7. The first-order valence-electron chi connectivity index (χ1n) is 9.11. The highest BCUT2D eigenvalue weighted by molar-refractivity contribution is 6.39. The molecule has 27 heavy (non-hydrogen) atoms. The normalized spacial score (nSPS) is 17.4. The van der Waals surface area contributed by atoms with E-state index in [9.17, 15) is 9.59 Å². The van der Waals surface area contributed by atoms with Crippen molar-refractivity contribution in [3.05, 3.63) is 48.2 Å². The molecular formula is C19H24N4O4. The molecule has 3 rings (SSSR count). The monoisotopic (exact) mass is 372 g/mol. The molecule has 1 saturated heterocycles. The van der Waals surface area contributed by atoms with Crippen molar-refractivity contribution in [2.75, 3.05) is 38.1 Å². The van der Waals surface area contributed by atoms with Gasteiger partial charge in [0, 0.05) is 25.7 Å². The number of amides is 2. The molecule has 2 amide bonds. The highest BCUT2D eigenvalue weighted by Crippen LogP contribution is 2.21. The zero-order valence-corrected chi connectivity index (χ0v) is 15.1. The third-order valence-corrected chi connectivity index (χ3v) is 4.39. The van der Waals surface area contributed by atoms with Crippen molar-refractivity contribution in [3.63, 3.8) is 0 Å². The zero-order valence-electron chi connectivity index (χ0n) is 15.1. The first-order chi connectivity index (χ1) is 13.2. The summed E-state index contributed by atoms with van der Waals surface area (Å²) in [7, 11) is 0. The Hall–Kier alpha value is -2.71. The number of carbonyl (C=O) groups excluding carboxylic acids is 2. The summed E-state index contributed by atoms with van der Waals surface area (Å²) in [5, 5.41) is 8.50. The van der Waals surface area contributed by atoms with Crippen LogP contribution >= 0.6 is 0 Å². The molecule has 1 fully saturated rings. The van der Waals surface area contributed by atoms with E-state index in [-0.39, 0.29) is 11.9 Å². The molecule has 0 radical (unpaired) electrons. The lowest BCUT2D eigenvalue weighted by molar-refractivity contribution is -0.136. The van der Waals surface area contributed by atoms with Gasteiger partial charge in [0.15, 0.2) is 5.82 Å². The quantitative estimate of drug-likeness (QED) is 0.566. The highest BCUT2D eigenvalue weighted by Gasteiger charge is 2.21. The van der Waals surface area contributed by atoms with Crippen molar-refractivity contribution < 1.29 is 18.8 Å². The molecule has 0 saturated carbocycles. The number of morpholine rings is 1. The number of unbranched alkanes of at least 4 members (excludes halogenated alkanes) is 1. The molecule has 2 aromatic rings. The average molecular weight is 372 g/mol. The summed E-state index contributed by atoms with van der Waals surface area (Å²) in [4.78, 5) is 25.8. The number of carbonyl (C=O) groups is 2. The summed E-state index contributed by atoms with van der Waals surface area (Å²) < 4.78 is 10.5. The molecule has 0 spiro atoms. The van der Waals surface area contributed by atoms with E-state index in [4.69, 9.17) is 4.74 Å². The third-order valence-electron chi connectivity index (χ3n) is 4.39. The van der Waals surface area contributed by atoms with E-state index in [1.165, 1.54) is 17.9 Å². The van der Waals surface area contributed by atoms with Crippen LogP contribution < -0.4 is 10.6 Å². The lowest BCUT2D eigenvalue weighted by atomic mass is 10.1. The van der Waals surface area contributed by atoms with Crippen molar-refractivity contribution >= 4 is 17.6 Å². The number of rotatable bonds is 7. The minimum absolute atomic E-state index is 0.111. The van der Waals surface area contributed by atoms with Crippen molar-refractivity contribution in [2.24, 2.45) is 0 Å². The smallest absolute Gasteiger partial charge is 0.314 e. The van der Waals surface area contributed by atoms with E-state index in [0.717, 1.165) is 39.1 Å². The maximum atomic E-state index is 11.7. The van der Waals surface area contributed by atoms with Gasteiger partial charge in [-0.2, -0.15) is 0 Å². The number of nitrogens with zero attached hydrogens (tertiary/aromatic N) is 2. The lowest BCUT2D eigenvalue weighted by Crippen LogP contribution is -2.39. The molecule has 1 aliphatic rings. The standard InChI is InChI=1S/C19H24N4O4/c24-18(19(25)21-17-8-12-27-22-17)20-9-4-5-10-23-11-13-26-16(14-23)15-6-2-1-3-7-15/h1-3,6-8,12,16H,4-5,9-11,13-14H2,(H,20,24)(H,21,22,25). The molecule has 0 aliphatic carbocycles. The van der Waals surface area contributed by atoms with Gasteiger partial charge in [-0.05, 0) is 24.9 Å². The SMILES string of the molecule is O=C(NCCCCN1CCOC(c2ccccc2)C1)C(=O)Nc1ccon1. The first kappa shape index (κ1) is 19.1. The molecular weight excluding hydrogens is 348 g/mol. The number of nitrogens with one attached hydrogen (secondary N) is 2. The molecule has 1 atom stereocenters. The van der Waals surface area contributed by atoms with Crippen LogP contribution in [0.15, 0.2) is 47.2 Å². The van der Waals surface area contributed by atoms with Gasteiger partial charge in [0.05, 0.1) is 12.7 Å². The van der Waals surface area contributed by atoms with Crippen LogP contribution in [0.4, 0.5) is 5.82 Å². The molecule has 144 valence electrons. The minimum Gasteiger partial charge on any atom is -0.371 e. The molecule has 1 aliphatic heterocycles. The van der Waals surface area contributed by atoms with E-state index >= 15 is 0 Å². The summed E-state index contributed by atoms with van der Waals surface area (Å²) in [6.07, 6.45) is 3.17. The highest BCUT2D eigenvalue weighted by atomic mass is 16.5.